The average Bonchev–Trinajstić information content (AvgIpc) is 2.20. The van der Waals surface area contributed by atoms with Crippen LogP contribution in [0.5, 0.6) is 5.75 Å². The maximum Gasteiger partial charge on any atom is 0.233 e. The molecule has 1 unspecified atom stereocenters. The zero-order valence-electron chi connectivity index (χ0n) is 9.73. The molecule has 88 valence electrons. The maximum absolute atomic E-state index is 11.6. The van der Waals surface area contributed by atoms with Crippen LogP contribution in [0.15, 0.2) is 29.2 Å². The third-order valence-electron chi connectivity index (χ3n) is 1.95. The molecule has 0 aliphatic heterocycles. The van der Waals surface area contributed by atoms with Crippen LogP contribution in [-0.4, -0.2) is 22.3 Å². The zero-order valence-corrected chi connectivity index (χ0v) is 10.5. The molecule has 0 spiro atoms. The van der Waals surface area contributed by atoms with Crippen molar-refractivity contribution < 1.29 is 9.90 Å². The molecule has 3 nitrogen and oxygen atoms in total. The number of nitrogens with one attached hydrogen (secondary N) is 1. The molecule has 0 bridgehead atoms. The van der Waals surface area contributed by atoms with Crippen molar-refractivity contribution in [1.29, 1.82) is 0 Å². The summed E-state index contributed by atoms with van der Waals surface area (Å²) in [4.78, 5) is 12.6. The Morgan fingerprint density at radius 3 is 2.31 bits per heavy atom. The van der Waals surface area contributed by atoms with Crippen LogP contribution in [-0.2, 0) is 4.79 Å². The van der Waals surface area contributed by atoms with E-state index in [2.05, 4.69) is 5.32 Å². The third kappa shape index (κ3) is 4.14. The lowest BCUT2D eigenvalue weighted by molar-refractivity contribution is -0.120. The number of hydrogen-bond acceptors (Lipinski definition) is 3. The van der Waals surface area contributed by atoms with Crippen molar-refractivity contribution in [2.45, 2.75) is 37.0 Å². The summed E-state index contributed by atoms with van der Waals surface area (Å²) >= 11 is 1.48. The first-order chi connectivity index (χ1) is 7.49. The van der Waals surface area contributed by atoms with Crippen molar-refractivity contribution in [3.63, 3.8) is 0 Å². The SMILES string of the molecule is CC(C)NC(=O)C(C)Sc1ccc(O)cc1. The second-order valence-corrected chi connectivity index (χ2v) is 5.33. The number of aromatic hydroxyl groups is 1. The molecule has 0 aliphatic rings. The Morgan fingerprint density at radius 2 is 1.81 bits per heavy atom. The first-order valence-electron chi connectivity index (χ1n) is 5.25. The van der Waals surface area contributed by atoms with Gasteiger partial charge in [0.15, 0.2) is 0 Å². The molecule has 0 radical (unpaired) electrons. The van der Waals surface area contributed by atoms with Crippen LogP contribution in [0.2, 0.25) is 0 Å². The van der Waals surface area contributed by atoms with Crippen molar-refractivity contribution in [2.75, 3.05) is 0 Å². The smallest absolute Gasteiger partial charge is 0.233 e. The van der Waals surface area contributed by atoms with Crippen LogP contribution >= 0.6 is 11.8 Å². The maximum atomic E-state index is 11.6. The predicted octanol–water partition coefficient (Wildman–Crippen LogP) is 2.40. The summed E-state index contributed by atoms with van der Waals surface area (Å²) < 4.78 is 0. The number of hydrogen-bond donors (Lipinski definition) is 2. The van der Waals surface area contributed by atoms with E-state index in [0.717, 1.165) is 4.90 Å². The quantitative estimate of drug-likeness (QED) is 0.793. The molecule has 0 aromatic heterocycles. The first-order valence-corrected chi connectivity index (χ1v) is 6.13. The number of benzene rings is 1. The molecule has 1 aromatic rings. The third-order valence-corrected chi connectivity index (χ3v) is 3.06. The van der Waals surface area contributed by atoms with E-state index in [4.69, 9.17) is 5.11 Å². The largest absolute Gasteiger partial charge is 0.508 e. The van der Waals surface area contributed by atoms with Crippen LogP contribution in [0.1, 0.15) is 20.8 Å². The Kier molecular flexibility index (Phi) is 4.68. The van der Waals surface area contributed by atoms with Gasteiger partial charge in [0.05, 0.1) is 5.25 Å². The molecule has 2 N–H and O–H groups in total. The van der Waals surface area contributed by atoms with Gasteiger partial charge >= 0.3 is 0 Å². The summed E-state index contributed by atoms with van der Waals surface area (Å²) in [5.41, 5.74) is 0. The second kappa shape index (κ2) is 5.80. The minimum atomic E-state index is -0.132. The molecule has 0 saturated carbocycles. The normalized spacial score (nSPS) is 12.5. The van der Waals surface area contributed by atoms with Crippen LogP contribution in [0.4, 0.5) is 0 Å². The Hall–Kier alpha value is -1.16. The molecular weight excluding hydrogens is 222 g/mol. The van der Waals surface area contributed by atoms with Gasteiger partial charge in [-0.3, -0.25) is 4.79 Å². The molecular formula is C12H17NO2S. The van der Waals surface area contributed by atoms with Crippen LogP contribution < -0.4 is 5.32 Å². The van der Waals surface area contributed by atoms with E-state index in [-0.39, 0.29) is 22.9 Å². The molecule has 1 atom stereocenters. The standard InChI is InChI=1S/C12H17NO2S/c1-8(2)13-12(15)9(3)16-11-6-4-10(14)5-7-11/h4-9,14H,1-3H3,(H,13,15). The number of phenols is 1. The highest BCUT2D eigenvalue weighted by molar-refractivity contribution is 8.00. The molecule has 0 aliphatic carbocycles. The highest BCUT2D eigenvalue weighted by Gasteiger charge is 2.14. The van der Waals surface area contributed by atoms with Gasteiger partial charge in [-0.05, 0) is 45.0 Å². The fourth-order valence-corrected chi connectivity index (χ4v) is 2.06. The summed E-state index contributed by atoms with van der Waals surface area (Å²) in [6.07, 6.45) is 0. The number of carbonyl (C=O) groups is 1. The minimum absolute atomic E-state index is 0.0353. The van der Waals surface area contributed by atoms with E-state index in [1.54, 1.807) is 24.3 Å². The molecule has 0 heterocycles. The second-order valence-electron chi connectivity index (χ2n) is 3.92. The van der Waals surface area contributed by atoms with Crippen molar-refractivity contribution in [3.8, 4) is 5.75 Å². The fourth-order valence-electron chi connectivity index (χ4n) is 1.18. The van der Waals surface area contributed by atoms with E-state index >= 15 is 0 Å². The lowest BCUT2D eigenvalue weighted by atomic mass is 10.3. The van der Waals surface area contributed by atoms with E-state index in [0.29, 0.717) is 0 Å². The van der Waals surface area contributed by atoms with Gasteiger partial charge in [-0.25, -0.2) is 0 Å². The van der Waals surface area contributed by atoms with Crippen molar-refractivity contribution in [3.05, 3.63) is 24.3 Å². The minimum Gasteiger partial charge on any atom is -0.508 e. The number of carbonyl (C=O) groups excluding carboxylic acids is 1. The molecule has 16 heavy (non-hydrogen) atoms. The van der Waals surface area contributed by atoms with Crippen LogP contribution in [0.25, 0.3) is 0 Å². The fraction of sp³-hybridized carbons (Fsp3) is 0.417. The van der Waals surface area contributed by atoms with Gasteiger partial charge < -0.3 is 10.4 Å². The number of thioether (sulfide) groups is 1. The van der Waals surface area contributed by atoms with Crippen molar-refractivity contribution >= 4 is 17.7 Å². The zero-order chi connectivity index (χ0) is 12.1. The van der Waals surface area contributed by atoms with Gasteiger partial charge in [0.2, 0.25) is 5.91 Å². The molecule has 1 aromatic carbocycles. The Balaban J connectivity index is 2.53. The molecule has 4 heteroatoms. The van der Waals surface area contributed by atoms with E-state index in [1.807, 2.05) is 20.8 Å². The van der Waals surface area contributed by atoms with Gasteiger partial charge in [-0.15, -0.1) is 11.8 Å². The Morgan fingerprint density at radius 1 is 1.25 bits per heavy atom. The topological polar surface area (TPSA) is 49.3 Å². The number of phenolic OH excluding ortho intramolecular Hbond substituents is 1. The molecule has 1 amide bonds. The highest BCUT2D eigenvalue weighted by Crippen LogP contribution is 2.24. The van der Waals surface area contributed by atoms with Gasteiger partial charge in [-0.2, -0.15) is 0 Å². The summed E-state index contributed by atoms with van der Waals surface area (Å²) in [5.74, 6) is 0.275. The van der Waals surface area contributed by atoms with Gasteiger partial charge in [-0.1, -0.05) is 0 Å². The number of amides is 1. The predicted molar refractivity (Wildman–Crippen MR) is 66.7 cm³/mol. The Bertz CT molecular complexity index is 349. The lowest BCUT2D eigenvalue weighted by Gasteiger charge is -2.14. The molecule has 0 saturated heterocycles. The highest BCUT2D eigenvalue weighted by atomic mass is 32.2. The molecule has 1 rings (SSSR count). The monoisotopic (exact) mass is 239 g/mol. The lowest BCUT2D eigenvalue weighted by Crippen LogP contribution is -2.35. The Labute approximate surface area is 100 Å². The summed E-state index contributed by atoms with van der Waals surface area (Å²) in [6.45, 7) is 5.75. The van der Waals surface area contributed by atoms with Crippen LogP contribution in [0.3, 0.4) is 0 Å². The first kappa shape index (κ1) is 12.9. The van der Waals surface area contributed by atoms with Crippen molar-refractivity contribution in [1.82, 2.24) is 5.32 Å². The van der Waals surface area contributed by atoms with Gasteiger partial charge in [0.25, 0.3) is 0 Å². The van der Waals surface area contributed by atoms with Gasteiger partial charge in [0.1, 0.15) is 5.75 Å². The summed E-state index contributed by atoms with van der Waals surface area (Å²) in [5, 5.41) is 11.9. The summed E-state index contributed by atoms with van der Waals surface area (Å²) in [6, 6.07) is 7.01. The molecule has 0 fully saturated rings. The summed E-state index contributed by atoms with van der Waals surface area (Å²) in [7, 11) is 0. The van der Waals surface area contributed by atoms with Crippen molar-refractivity contribution in [2.24, 2.45) is 0 Å². The number of rotatable bonds is 4. The van der Waals surface area contributed by atoms with Crippen LogP contribution in [0, 0.1) is 0 Å². The van der Waals surface area contributed by atoms with Gasteiger partial charge in [0, 0.05) is 10.9 Å². The van der Waals surface area contributed by atoms with E-state index < -0.39 is 0 Å². The van der Waals surface area contributed by atoms with E-state index in [9.17, 15) is 4.79 Å². The average molecular weight is 239 g/mol. The van der Waals surface area contributed by atoms with E-state index in [1.165, 1.54) is 11.8 Å².